The van der Waals surface area contributed by atoms with Crippen molar-refractivity contribution in [2.45, 2.75) is 51.9 Å². The van der Waals surface area contributed by atoms with E-state index in [9.17, 15) is 4.79 Å². The highest BCUT2D eigenvalue weighted by Gasteiger charge is 2.41. The Labute approximate surface area is 132 Å². The van der Waals surface area contributed by atoms with Crippen molar-refractivity contribution in [1.82, 2.24) is 10.2 Å². The molecular formula is C17H26N2OS. The second-order valence-corrected chi connectivity index (χ2v) is 6.56. The molecule has 0 aromatic heterocycles. The zero-order chi connectivity index (χ0) is 15.4. The van der Waals surface area contributed by atoms with Crippen LogP contribution in [0.1, 0.15) is 44.0 Å². The SMILES string of the molecule is CCC1NC(c2ccccc2C)N(C(CC)CSC)C1=O. The van der Waals surface area contributed by atoms with Crippen LogP contribution >= 0.6 is 11.8 Å². The lowest BCUT2D eigenvalue weighted by atomic mass is 10.0. The van der Waals surface area contributed by atoms with Crippen LogP contribution < -0.4 is 5.32 Å². The quantitative estimate of drug-likeness (QED) is 0.875. The second kappa shape index (κ2) is 7.32. The molecule has 1 N–H and O–H groups in total. The van der Waals surface area contributed by atoms with E-state index >= 15 is 0 Å². The van der Waals surface area contributed by atoms with Gasteiger partial charge in [-0.1, -0.05) is 38.1 Å². The van der Waals surface area contributed by atoms with Gasteiger partial charge in [-0.3, -0.25) is 10.1 Å². The summed E-state index contributed by atoms with van der Waals surface area (Å²) >= 11 is 1.81. The van der Waals surface area contributed by atoms with Crippen LogP contribution in [0.3, 0.4) is 0 Å². The molecule has 3 unspecified atom stereocenters. The lowest BCUT2D eigenvalue weighted by molar-refractivity contribution is -0.132. The summed E-state index contributed by atoms with van der Waals surface area (Å²) in [6.45, 7) is 6.36. The van der Waals surface area contributed by atoms with E-state index in [4.69, 9.17) is 0 Å². The third-order valence-electron chi connectivity index (χ3n) is 4.30. The summed E-state index contributed by atoms with van der Waals surface area (Å²) in [6, 6.07) is 8.61. The second-order valence-electron chi connectivity index (χ2n) is 5.65. The predicted molar refractivity (Wildman–Crippen MR) is 90.4 cm³/mol. The van der Waals surface area contributed by atoms with Gasteiger partial charge in [0.2, 0.25) is 5.91 Å². The molecule has 3 nitrogen and oxygen atoms in total. The lowest BCUT2D eigenvalue weighted by Crippen LogP contribution is -2.41. The topological polar surface area (TPSA) is 32.3 Å². The maximum atomic E-state index is 12.8. The average molecular weight is 306 g/mol. The molecular weight excluding hydrogens is 280 g/mol. The van der Waals surface area contributed by atoms with Gasteiger partial charge in [0.15, 0.2) is 0 Å². The first-order valence-electron chi connectivity index (χ1n) is 7.76. The maximum Gasteiger partial charge on any atom is 0.241 e. The van der Waals surface area contributed by atoms with E-state index in [-0.39, 0.29) is 18.1 Å². The Bertz CT molecular complexity index is 491. The number of carbonyl (C=O) groups is 1. The molecule has 1 aliphatic rings. The molecule has 0 spiro atoms. The van der Waals surface area contributed by atoms with Gasteiger partial charge in [0.1, 0.15) is 6.17 Å². The summed E-state index contributed by atoms with van der Waals surface area (Å²) in [5, 5.41) is 3.54. The van der Waals surface area contributed by atoms with Crippen molar-refractivity contribution in [3.8, 4) is 0 Å². The number of hydrogen-bond acceptors (Lipinski definition) is 3. The van der Waals surface area contributed by atoms with Gasteiger partial charge in [-0.2, -0.15) is 11.8 Å². The Morgan fingerprint density at radius 3 is 2.62 bits per heavy atom. The monoisotopic (exact) mass is 306 g/mol. The molecule has 0 aliphatic carbocycles. The van der Waals surface area contributed by atoms with Gasteiger partial charge in [-0.05, 0) is 37.1 Å². The molecule has 1 aromatic rings. The molecule has 4 heteroatoms. The smallest absolute Gasteiger partial charge is 0.241 e. The number of aryl methyl sites for hydroxylation is 1. The third kappa shape index (κ3) is 3.27. The van der Waals surface area contributed by atoms with E-state index in [1.165, 1.54) is 11.1 Å². The fourth-order valence-corrected chi connectivity index (χ4v) is 3.83. The van der Waals surface area contributed by atoms with Crippen molar-refractivity contribution in [1.29, 1.82) is 0 Å². The van der Waals surface area contributed by atoms with Gasteiger partial charge in [-0.15, -0.1) is 0 Å². The van der Waals surface area contributed by atoms with E-state index in [0.717, 1.165) is 18.6 Å². The van der Waals surface area contributed by atoms with E-state index in [0.29, 0.717) is 6.04 Å². The Morgan fingerprint density at radius 2 is 2.05 bits per heavy atom. The van der Waals surface area contributed by atoms with Crippen LogP contribution in [0.25, 0.3) is 0 Å². The number of amides is 1. The largest absolute Gasteiger partial charge is 0.318 e. The van der Waals surface area contributed by atoms with Crippen LogP contribution in [0.2, 0.25) is 0 Å². The highest BCUT2D eigenvalue weighted by Crippen LogP contribution is 2.32. The zero-order valence-corrected chi connectivity index (χ0v) is 14.2. The summed E-state index contributed by atoms with van der Waals surface area (Å²) < 4.78 is 0. The van der Waals surface area contributed by atoms with Crippen molar-refractivity contribution in [2.75, 3.05) is 12.0 Å². The Hall–Kier alpha value is -1.00. The average Bonchev–Trinajstić information content (AvgIpc) is 2.82. The molecule has 0 radical (unpaired) electrons. The Balaban J connectivity index is 2.37. The molecule has 2 rings (SSSR count). The number of thioether (sulfide) groups is 1. The molecule has 3 atom stereocenters. The molecule has 21 heavy (non-hydrogen) atoms. The third-order valence-corrected chi connectivity index (χ3v) is 5.02. The fraction of sp³-hybridized carbons (Fsp3) is 0.588. The van der Waals surface area contributed by atoms with Crippen LogP contribution in [0.4, 0.5) is 0 Å². The summed E-state index contributed by atoms with van der Waals surface area (Å²) in [7, 11) is 0. The first-order chi connectivity index (χ1) is 10.1. The number of rotatable bonds is 6. The van der Waals surface area contributed by atoms with E-state index in [2.05, 4.69) is 61.5 Å². The highest BCUT2D eigenvalue weighted by atomic mass is 32.2. The van der Waals surface area contributed by atoms with Gasteiger partial charge < -0.3 is 4.90 Å². The Morgan fingerprint density at radius 1 is 1.33 bits per heavy atom. The maximum absolute atomic E-state index is 12.8. The van der Waals surface area contributed by atoms with E-state index < -0.39 is 0 Å². The van der Waals surface area contributed by atoms with E-state index in [1.807, 2.05) is 11.8 Å². The van der Waals surface area contributed by atoms with Crippen LogP contribution in [0.5, 0.6) is 0 Å². The van der Waals surface area contributed by atoms with Crippen LogP contribution in [-0.4, -0.2) is 34.9 Å². The van der Waals surface area contributed by atoms with Gasteiger partial charge in [0.25, 0.3) is 0 Å². The zero-order valence-electron chi connectivity index (χ0n) is 13.4. The molecule has 1 heterocycles. The number of hydrogen-bond donors (Lipinski definition) is 1. The minimum absolute atomic E-state index is 0.0146. The number of nitrogens with zero attached hydrogens (tertiary/aromatic N) is 1. The molecule has 1 amide bonds. The Kier molecular flexibility index (Phi) is 5.71. The van der Waals surface area contributed by atoms with Gasteiger partial charge >= 0.3 is 0 Å². The van der Waals surface area contributed by atoms with Gasteiger partial charge in [-0.25, -0.2) is 0 Å². The molecule has 116 valence electrons. The molecule has 0 bridgehead atoms. The van der Waals surface area contributed by atoms with E-state index in [1.54, 1.807) is 0 Å². The summed E-state index contributed by atoms with van der Waals surface area (Å²) in [4.78, 5) is 14.9. The van der Waals surface area contributed by atoms with Crippen molar-refractivity contribution in [3.63, 3.8) is 0 Å². The number of benzene rings is 1. The van der Waals surface area contributed by atoms with Gasteiger partial charge in [0, 0.05) is 11.8 Å². The molecule has 0 saturated carbocycles. The number of nitrogens with one attached hydrogen (secondary N) is 1. The van der Waals surface area contributed by atoms with Crippen LogP contribution in [-0.2, 0) is 4.79 Å². The molecule has 1 aromatic carbocycles. The molecule has 1 aliphatic heterocycles. The normalized spacial score (nSPS) is 23.6. The predicted octanol–water partition coefficient (Wildman–Crippen LogP) is 3.35. The standard InChI is InChI=1S/C17H26N2OS/c1-5-13(11-21-4)19-16(18-15(6-2)17(19)20)14-10-8-7-9-12(14)3/h7-10,13,15-16,18H,5-6,11H2,1-4H3. The first kappa shape index (κ1) is 16.4. The first-order valence-corrected chi connectivity index (χ1v) is 9.16. The minimum atomic E-state index is -0.0505. The molecule has 1 fully saturated rings. The van der Waals surface area contributed by atoms with Crippen molar-refractivity contribution < 1.29 is 4.79 Å². The summed E-state index contributed by atoms with van der Waals surface area (Å²) in [6.07, 6.45) is 3.96. The van der Waals surface area contributed by atoms with Crippen molar-refractivity contribution in [2.24, 2.45) is 0 Å². The van der Waals surface area contributed by atoms with Crippen LogP contribution in [0.15, 0.2) is 24.3 Å². The minimum Gasteiger partial charge on any atom is -0.318 e. The van der Waals surface area contributed by atoms with Crippen molar-refractivity contribution >= 4 is 17.7 Å². The summed E-state index contributed by atoms with van der Waals surface area (Å²) in [5.41, 5.74) is 2.46. The van der Waals surface area contributed by atoms with Crippen molar-refractivity contribution in [3.05, 3.63) is 35.4 Å². The number of carbonyl (C=O) groups excluding carboxylic acids is 1. The summed E-state index contributed by atoms with van der Waals surface area (Å²) in [5.74, 6) is 1.24. The van der Waals surface area contributed by atoms with Crippen LogP contribution in [0, 0.1) is 6.92 Å². The highest BCUT2D eigenvalue weighted by molar-refractivity contribution is 7.98. The lowest BCUT2D eigenvalue weighted by Gasteiger charge is -2.32. The van der Waals surface area contributed by atoms with Gasteiger partial charge in [0.05, 0.1) is 6.04 Å². The molecule has 1 saturated heterocycles. The fourth-order valence-electron chi connectivity index (χ4n) is 3.05.